The van der Waals surface area contributed by atoms with Gasteiger partial charge in [0.15, 0.2) is 6.10 Å². The van der Waals surface area contributed by atoms with Crippen molar-refractivity contribution in [3.05, 3.63) is 24.3 Å². The highest BCUT2D eigenvalue weighted by molar-refractivity contribution is 6.04. The second-order valence-corrected chi connectivity index (χ2v) is 7.57. The summed E-state index contributed by atoms with van der Waals surface area (Å²) in [5, 5.41) is 0. The zero-order chi connectivity index (χ0) is 17.5. The van der Waals surface area contributed by atoms with Gasteiger partial charge in [-0.15, -0.1) is 0 Å². The van der Waals surface area contributed by atoms with Crippen LogP contribution in [0.1, 0.15) is 33.6 Å². The Balaban J connectivity index is 0.000000203. The van der Waals surface area contributed by atoms with Gasteiger partial charge >= 0.3 is 17.9 Å². The zero-order valence-corrected chi connectivity index (χ0v) is 14.1. The Labute approximate surface area is 140 Å². The first-order valence-corrected chi connectivity index (χ1v) is 8.23. The molecule has 2 bridgehead atoms. The molecule has 5 unspecified atom stereocenters. The Morgan fingerprint density at radius 1 is 1.12 bits per heavy atom. The highest BCUT2D eigenvalue weighted by Crippen LogP contribution is 2.50. The fourth-order valence-corrected chi connectivity index (χ4v) is 3.50. The number of carbonyl (C=O) groups excluding carboxylic acids is 3. The first-order chi connectivity index (χ1) is 11.2. The molecule has 130 valence electrons. The van der Waals surface area contributed by atoms with E-state index >= 15 is 0 Å². The van der Waals surface area contributed by atoms with Crippen molar-refractivity contribution in [1.29, 1.82) is 0 Å². The van der Waals surface area contributed by atoms with E-state index < -0.39 is 17.5 Å². The smallest absolute Gasteiger partial charge is 0.338 e. The molecule has 0 aromatic heterocycles. The van der Waals surface area contributed by atoms with Crippen LogP contribution in [0.3, 0.4) is 0 Å². The maximum atomic E-state index is 11.8. The summed E-state index contributed by atoms with van der Waals surface area (Å²) >= 11 is 0. The highest BCUT2D eigenvalue weighted by atomic mass is 16.6. The average molecular weight is 334 g/mol. The minimum absolute atomic E-state index is 0.116. The lowest BCUT2D eigenvalue weighted by atomic mass is 9.89. The van der Waals surface area contributed by atoms with Crippen molar-refractivity contribution >= 4 is 17.9 Å². The molecule has 2 aliphatic carbocycles. The number of cyclic esters (lactones) is 2. The Morgan fingerprint density at radius 2 is 1.79 bits per heavy atom. The quantitative estimate of drug-likeness (QED) is 0.332. The summed E-state index contributed by atoms with van der Waals surface area (Å²) < 4.78 is 14.9. The van der Waals surface area contributed by atoms with E-state index in [1.54, 1.807) is 0 Å². The standard InChI is InChI=1S/C14H20O3.C4H2O3/c1-14(2,3)17-13(15)12-11(16-12)10-7-8-4-5-9(10)6-8;5-3-1-2-4(6)7-3/h4-5,8-12H,6-7H2,1-3H3;1-2H. The van der Waals surface area contributed by atoms with Crippen molar-refractivity contribution in [2.24, 2.45) is 17.8 Å². The number of ether oxygens (including phenoxy) is 3. The van der Waals surface area contributed by atoms with Crippen LogP contribution in [0.5, 0.6) is 0 Å². The van der Waals surface area contributed by atoms with E-state index in [2.05, 4.69) is 16.9 Å². The molecular formula is C18H22O6. The first kappa shape index (κ1) is 16.9. The van der Waals surface area contributed by atoms with Gasteiger partial charge in [-0.3, -0.25) is 0 Å². The van der Waals surface area contributed by atoms with E-state index in [9.17, 15) is 14.4 Å². The maximum Gasteiger partial charge on any atom is 0.338 e. The molecule has 2 aliphatic heterocycles. The number of carbonyl (C=O) groups is 3. The molecule has 0 spiro atoms. The van der Waals surface area contributed by atoms with Crippen molar-refractivity contribution < 1.29 is 28.6 Å². The number of allylic oxidation sites excluding steroid dienone is 2. The molecule has 1 saturated heterocycles. The minimum atomic E-state index is -0.579. The molecule has 6 heteroatoms. The molecule has 4 rings (SSSR count). The Kier molecular flexibility index (Phi) is 4.34. The molecule has 0 N–H and O–H groups in total. The summed E-state index contributed by atoms with van der Waals surface area (Å²) in [6, 6.07) is 0. The number of esters is 3. The monoisotopic (exact) mass is 334 g/mol. The Morgan fingerprint density at radius 3 is 2.21 bits per heavy atom. The molecule has 0 aromatic rings. The summed E-state index contributed by atoms with van der Waals surface area (Å²) in [5.74, 6) is 0.567. The molecule has 0 aromatic carbocycles. The largest absolute Gasteiger partial charge is 0.458 e. The van der Waals surface area contributed by atoms with Gasteiger partial charge in [0.1, 0.15) is 5.60 Å². The first-order valence-electron chi connectivity index (χ1n) is 8.23. The van der Waals surface area contributed by atoms with E-state index in [0.717, 1.165) is 18.1 Å². The molecule has 0 radical (unpaired) electrons. The summed E-state index contributed by atoms with van der Waals surface area (Å²) in [6.45, 7) is 5.67. The summed E-state index contributed by atoms with van der Waals surface area (Å²) in [6.07, 6.45) is 9.04. The second kappa shape index (κ2) is 6.16. The van der Waals surface area contributed by atoms with Crippen molar-refractivity contribution in [1.82, 2.24) is 0 Å². The molecule has 2 fully saturated rings. The van der Waals surface area contributed by atoms with Crippen LogP contribution in [0, 0.1) is 17.8 Å². The molecule has 6 nitrogen and oxygen atoms in total. The van der Waals surface area contributed by atoms with Crippen molar-refractivity contribution in [3.63, 3.8) is 0 Å². The van der Waals surface area contributed by atoms with E-state index in [4.69, 9.17) is 9.47 Å². The summed E-state index contributed by atoms with van der Waals surface area (Å²) in [5.41, 5.74) is -0.415. The van der Waals surface area contributed by atoms with Crippen LogP contribution < -0.4 is 0 Å². The predicted molar refractivity (Wildman–Crippen MR) is 83.6 cm³/mol. The van der Waals surface area contributed by atoms with Crippen LogP contribution in [0.2, 0.25) is 0 Å². The van der Waals surface area contributed by atoms with Gasteiger partial charge < -0.3 is 14.2 Å². The zero-order valence-electron chi connectivity index (χ0n) is 14.1. The van der Waals surface area contributed by atoms with Crippen LogP contribution in [0.25, 0.3) is 0 Å². The van der Waals surface area contributed by atoms with Crippen LogP contribution >= 0.6 is 0 Å². The normalized spacial score (nSPS) is 35.5. The number of hydrogen-bond acceptors (Lipinski definition) is 6. The maximum absolute atomic E-state index is 11.8. The minimum Gasteiger partial charge on any atom is -0.458 e. The summed E-state index contributed by atoms with van der Waals surface area (Å²) in [4.78, 5) is 31.7. The second-order valence-electron chi connectivity index (χ2n) is 7.57. The van der Waals surface area contributed by atoms with Crippen LogP contribution in [-0.4, -0.2) is 35.7 Å². The fourth-order valence-electron chi connectivity index (χ4n) is 3.50. The molecule has 1 saturated carbocycles. The van der Waals surface area contributed by atoms with E-state index in [1.807, 2.05) is 20.8 Å². The van der Waals surface area contributed by atoms with E-state index in [-0.39, 0.29) is 18.2 Å². The van der Waals surface area contributed by atoms with E-state index in [1.165, 1.54) is 12.8 Å². The van der Waals surface area contributed by atoms with Crippen molar-refractivity contribution in [3.8, 4) is 0 Å². The van der Waals surface area contributed by atoms with E-state index in [0.29, 0.717) is 11.8 Å². The van der Waals surface area contributed by atoms with Gasteiger partial charge in [0.25, 0.3) is 0 Å². The molecule has 24 heavy (non-hydrogen) atoms. The topological polar surface area (TPSA) is 82.2 Å². The third-order valence-corrected chi connectivity index (χ3v) is 4.47. The third-order valence-electron chi connectivity index (χ3n) is 4.47. The van der Waals surface area contributed by atoms with Gasteiger partial charge in [-0.05, 0) is 51.4 Å². The van der Waals surface area contributed by atoms with Crippen molar-refractivity contribution in [2.75, 3.05) is 0 Å². The SMILES string of the molecule is CC(C)(C)OC(=O)C1OC1C1CC2C=CC1C2.O=C1C=CC(=O)O1. The number of rotatable bonds is 2. The lowest BCUT2D eigenvalue weighted by Gasteiger charge is -2.19. The predicted octanol–water partition coefficient (Wildman–Crippen LogP) is 1.93. The fraction of sp³-hybridized carbons (Fsp3) is 0.611. The van der Waals surface area contributed by atoms with Crippen LogP contribution in [0.4, 0.5) is 0 Å². The lowest BCUT2D eigenvalue weighted by Crippen LogP contribution is -2.29. The lowest BCUT2D eigenvalue weighted by molar-refractivity contribution is -0.156. The van der Waals surface area contributed by atoms with Gasteiger partial charge in [0, 0.05) is 12.2 Å². The molecular weight excluding hydrogens is 312 g/mol. The highest BCUT2D eigenvalue weighted by Gasteiger charge is 2.56. The Hall–Kier alpha value is -1.95. The number of hydrogen-bond donors (Lipinski definition) is 0. The van der Waals surface area contributed by atoms with Gasteiger partial charge in [0.05, 0.1) is 6.10 Å². The van der Waals surface area contributed by atoms with Gasteiger partial charge in [-0.25, -0.2) is 14.4 Å². The van der Waals surface area contributed by atoms with Crippen molar-refractivity contribution in [2.45, 2.75) is 51.4 Å². The number of epoxide rings is 1. The summed E-state index contributed by atoms with van der Waals surface area (Å²) in [7, 11) is 0. The average Bonchev–Trinajstić information content (AvgIpc) is 2.76. The van der Waals surface area contributed by atoms with Crippen LogP contribution in [0.15, 0.2) is 24.3 Å². The molecule has 4 aliphatic rings. The Bertz CT molecular complexity index is 595. The third kappa shape index (κ3) is 3.93. The van der Waals surface area contributed by atoms with Gasteiger partial charge in [-0.2, -0.15) is 0 Å². The van der Waals surface area contributed by atoms with Crippen LogP contribution in [-0.2, 0) is 28.6 Å². The van der Waals surface area contributed by atoms with Gasteiger partial charge in [0.2, 0.25) is 0 Å². The van der Waals surface area contributed by atoms with Gasteiger partial charge in [-0.1, -0.05) is 12.2 Å². The molecule has 5 atom stereocenters. The number of fused-ring (bicyclic) bond motifs is 2. The molecule has 0 amide bonds. The molecule has 2 heterocycles.